The van der Waals surface area contributed by atoms with E-state index in [1.54, 1.807) is 0 Å². The van der Waals surface area contributed by atoms with Crippen molar-refractivity contribution in [2.75, 3.05) is 13.7 Å². The van der Waals surface area contributed by atoms with E-state index < -0.39 is 18.5 Å². The van der Waals surface area contributed by atoms with E-state index in [9.17, 15) is 9.50 Å². The third-order valence-electron chi connectivity index (χ3n) is 1.72. The van der Waals surface area contributed by atoms with Crippen molar-refractivity contribution in [2.24, 2.45) is 0 Å². The molecule has 0 aliphatic heterocycles. The summed E-state index contributed by atoms with van der Waals surface area (Å²) in [6.45, 7) is -0.459. The van der Waals surface area contributed by atoms with Crippen molar-refractivity contribution < 1.29 is 19.3 Å². The first-order valence-electron chi connectivity index (χ1n) is 3.81. The summed E-state index contributed by atoms with van der Waals surface area (Å²) in [6.07, 6.45) is -1.11. The number of aliphatic hydroxyl groups excluding tert-OH is 2. The number of benzene rings is 1. The van der Waals surface area contributed by atoms with Gasteiger partial charge in [0.15, 0.2) is 0 Å². The van der Waals surface area contributed by atoms with Crippen LogP contribution < -0.4 is 4.74 Å². The number of hydrogen-bond acceptors (Lipinski definition) is 3. The third kappa shape index (κ3) is 2.17. The quantitative estimate of drug-likeness (QED) is 0.736. The van der Waals surface area contributed by atoms with Crippen molar-refractivity contribution in [3.8, 4) is 5.75 Å². The molecule has 13 heavy (non-hydrogen) atoms. The number of methoxy groups -OCH3 is 1. The minimum Gasteiger partial charge on any atom is -0.496 e. The van der Waals surface area contributed by atoms with Gasteiger partial charge in [0.2, 0.25) is 0 Å². The molecule has 0 radical (unpaired) electrons. The van der Waals surface area contributed by atoms with Crippen LogP contribution in [-0.2, 0) is 0 Å². The largest absolute Gasteiger partial charge is 0.496 e. The molecule has 0 spiro atoms. The van der Waals surface area contributed by atoms with E-state index in [4.69, 9.17) is 9.84 Å². The van der Waals surface area contributed by atoms with Gasteiger partial charge in [0.1, 0.15) is 17.7 Å². The Bertz CT molecular complexity index is 288. The molecule has 0 heterocycles. The molecule has 0 bridgehead atoms. The summed E-state index contributed by atoms with van der Waals surface area (Å²) >= 11 is 0. The van der Waals surface area contributed by atoms with Crippen LogP contribution in [0.4, 0.5) is 4.39 Å². The lowest BCUT2D eigenvalue weighted by Crippen LogP contribution is -2.05. The maximum Gasteiger partial charge on any atom is 0.124 e. The summed E-state index contributed by atoms with van der Waals surface area (Å²) in [5, 5.41) is 17.9. The molecule has 1 atom stereocenters. The SMILES string of the molecule is COc1ccc(F)cc1C(O)CO. The van der Waals surface area contributed by atoms with Crippen molar-refractivity contribution >= 4 is 0 Å². The second kappa shape index (κ2) is 4.20. The highest BCUT2D eigenvalue weighted by Crippen LogP contribution is 2.25. The molecule has 72 valence electrons. The summed E-state index contributed by atoms with van der Waals surface area (Å²) in [6, 6.07) is 3.77. The molecule has 0 saturated carbocycles. The molecule has 0 aliphatic carbocycles. The predicted octanol–water partition coefficient (Wildman–Crippen LogP) is 0.860. The Morgan fingerprint density at radius 2 is 2.23 bits per heavy atom. The minimum atomic E-state index is -1.11. The zero-order chi connectivity index (χ0) is 9.84. The smallest absolute Gasteiger partial charge is 0.124 e. The fourth-order valence-corrected chi connectivity index (χ4v) is 1.06. The molecule has 0 saturated heterocycles. The van der Waals surface area contributed by atoms with Crippen molar-refractivity contribution in [2.45, 2.75) is 6.10 Å². The van der Waals surface area contributed by atoms with Gasteiger partial charge >= 0.3 is 0 Å². The average Bonchev–Trinajstić information content (AvgIpc) is 2.16. The van der Waals surface area contributed by atoms with Gasteiger partial charge in [-0.2, -0.15) is 0 Å². The Balaban J connectivity index is 3.07. The molecule has 3 nitrogen and oxygen atoms in total. The highest BCUT2D eigenvalue weighted by atomic mass is 19.1. The zero-order valence-corrected chi connectivity index (χ0v) is 7.20. The minimum absolute atomic E-state index is 0.255. The van der Waals surface area contributed by atoms with Crippen LogP contribution in [-0.4, -0.2) is 23.9 Å². The van der Waals surface area contributed by atoms with Gasteiger partial charge in [0.05, 0.1) is 13.7 Å². The highest BCUT2D eigenvalue weighted by Gasteiger charge is 2.12. The van der Waals surface area contributed by atoms with Crippen LogP contribution in [0.1, 0.15) is 11.7 Å². The van der Waals surface area contributed by atoms with Crippen LogP contribution in [0.2, 0.25) is 0 Å². The lowest BCUT2D eigenvalue weighted by atomic mass is 10.1. The van der Waals surface area contributed by atoms with Crippen LogP contribution in [0.25, 0.3) is 0 Å². The van der Waals surface area contributed by atoms with Crippen LogP contribution in [0.5, 0.6) is 5.75 Å². The van der Waals surface area contributed by atoms with E-state index in [1.165, 1.54) is 19.2 Å². The van der Waals surface area contributed by atoms with Gasteiger partial charge in [-0.15, -0.1) is 0 Å². The second-order valence-corrected chi connectivity index (χ2v) is 2.58. The van der Waals surface area contributed by atoms with Crippen LogP contribution >= 0.6 is 0 Å². The Kier molecular flexibility index (Phi) is 3.22. The molecule has 4 heteroatoms. The summed E-state index contributed by atoms with van der Waals surface area (Å²) in [4.78, 5) is 0. The number of hydrogen-bond donors (Lipinski definition) is 2. The number of rotatable bonds is 3. The van der Waals surface area contributed by atoms with Crippen molar-refractivity contribution in [3.05, 3.63) is 29.6 Å². The lowest BCUT2D eigenvalue weighted by Gasteiger charge is -2.12. The van der Waals surface area contributed by atoms with E-state index in [2.05, 4.69) is 0 Å². The first-order valence-corrected chi connectivity index (χ1v) is 3.81. The van der Waals surface area contributed by atoms with E-state index in [1.807, 2.05) is 0 Å². The second-order valence-electron chi connectivity index (χ2n) is 2.58. The molecular weight excluding hydrogens is 175 g/mol. The Labute approximate surface area is 75.4 Å². The molecule has 0 aromatic heterocycles. The number of halogens is 1. The summed E-state index contributed by atoms with van der Waals surface area (Å²) < 4.78 is 17.6. The van der Waals surface area contributed by atoms with Crippen LogP contribution in [0.15, 0.2) is 18.2 Å². The van der Waals surface area contributed by atoms with Gasteiger partial charge in [0.25, 0.3) is 0 Å². The predicted molar refractivity (Wildman–Crippen MR) is 45.0 cm³/mol. The molecule has 1 aromatic carbocycles. The summed E-state index contributed by atoms with van der Waals surface area (Å²) in [7, 11) is 1.42. The van der Waals surface area contributed by atoms with E-state index >= 15 is 0 Å². The summed E-state index contributed by atoms with van der Waals surface area (Å²) in [5.74, 6) is -0.105. The van der Waals surface area contributed by atoms with E-state index in [0.717, 1.165) is 6.07 Å². The molecule has 0 fully saturated rings. The summed E-state index contributed by atoms with van der Waals surface area (Å²) in [5.41, 5.74) is 0.255. The molecule has 1 rings (SSSR count). The van der Waals surface area contributed by atoms with E-state index in [0.29, 0.717) is 5.75 Å². The van der Waals surface area contributed by atoms with Crippen molar-refractivity contribution in [3.63, 3.8) is 0 Å². The third-order valence-corrected chi connectivity index (χ3v) is 1.72. The average molecular weight is 186 g/mol. The van der Waals surface area contributed by atoms with E-state index in [-0.39, 0.29) is 5.56 Å². The molecular formula is C9H11FO3. The number of aliphatic hydroxyl groups is 2. The van der Waals surface area contributed by atoms with Crippen LogP contribution in [0.3, 0.4) is 0 Å². The van der Waals surface area contributed by atoms with Gasteiger partial charge < -0.3 is 14.9 Å². The Morgan fingerprint density at radius 3 is 2.77 bits per heavy atom. The fourth-order valence-electron chi connectivity index (χ4n) is 1.06. The molecule has 1 aromatic rings. The maximum absolute atomic E-state index is 12.7. The first kappa shape index (κ1) is 9.95. The normalized spacial score (nSPS) is 12.6. The van der Waals surface area contributed by atoms with Crippen molar-refractivity contribution in [1.29, 1.82) is 0 Å². The fraction of sp³-hybridized carbons (Fsp3) is 0.333. The molecule has 1 unspecified atom stereocenters. The standard InChI is InChI=1S/C9H11FO3/c1-13-9-3-2-6(10)4-7(9)8(12)5-11/h2-4,8,11-12H,5H2,1H3. The Hall–Kier alpha value is -1.13. The molecule has 0 amide bonds. The van der Waals surface area contributed by atoms with Crippen molar-refractivity contribution in [1.82, 2.24) is 0 Å². The monoisotopic (exact) mass is 186 g/mol. The van der Waals surface area contributed by atoms with Gasteiger partial charge in [0, 0.05) is 5.56 Å². The highest BCUT2D eigenvalue weighted by molar-refractivity contribution is 5.35. The molecule has 0 aliphatic rings. The topological polar surface area (TPSA) is 49.7 Å². The lowest BCUT2D eigenvalue weighted by molar-refractivity contribution is 0.0931. The van der Waals surface area contributed by atoms with Crippen LogP contribution in [0, 0.1) is 5.82 Å². The van der Waals surface area contributed by atoms with Gasteiger partial charge in [-0.05, 0) is 18.2 Å². The molecule has 2 N–H and O–H groups in total. The zero-order valence-electron chi connectivity index (χ0n) is 7.20. The first-order chi connectivity index (χ1) is 6.19. The van der Waals surface area contributed by atoms with Gasteiger partial charge in [-0.3, -0.25) is 0 Å². The maximum atomic E-state index is 12.7. The Morgan fingerprint density at radius 1 is 1.54 bits per heavy atom. The van der Waals surface area contributed by atoms with Gasteiger partial charge in [-0.25, -0.2) is 4.39 Å². The number of ether oxygens (including phenoxy) is 1. The van der Waals surface area contributed by atoms with Gasteiger partial charge in [-0.1, -0.05) is 0 Å².